The minimum atomic E-state index is 0.680. The normalized spacial score (nSPS) is 11.0. The Labute approximate surface area is 155 Å². The van der Waals surface area contributed by atoms with Gasteiger partial charge in [-0.2, -0.15) is 0 Å². The van der Waals surface area contributed by atoms with Gasteiger partial charge in [0.1, 0.15) is 5.75 Å². The summed E-state index contributed by atoms with van der Waals surface area (Å²) >= 11 is 1.57. The summed E-state index contributed by atoms with van der Waals surface area (Å²) in [6.07, 6.45) is 5.51. The number of hydrogen-bond donors (Lipinski definition) is 0. The van der Waals surface area contributed by atoms with Gasteiger partial charge in [0.2, 0.25) is 10.1 Å². The lowest BCUT2D eigenvalue weighted by atomic mass is 10.2. The average Bonchev–Trinajstić information content (AvgIpc) is 3.23. The molecule has 0 saturated heterocycles. The number of fused-ring (bicyclic) bond motifs is 1. The van der Waals surface area contributed by atoms with Gasteiger partial charge in [-0.1, -0.05) is 23.5 Å². The molecule has 3 aromatic heterocycles. The van der Waals surface area contributed by atoms with E-state index in [0.717, 1.165) is 33.6 Å². The van der Waals surface area contributed by atoms with Gasteiger partial charge in [0.15, 0.2) is 0 Å². The summed E-state index contributed by atoms with van der Waals surface area (Å²) in [5.41, 5.74) is 3.09. The molecule has 4 aromatic rings. The van der Waals surface area contributed by atoms with Crippen LogP contribution in [0.5, 0.6) is 5.75 Å². The van der Waals surface area contributed by atoms with E-state index in [1.54, 1.807) is 17.5 Å². The Balaban J connectivity index is 1.50. The van der Waals surface area contributed by atoms with E-state index in [-0.39, 0.29) is 0 Å². The fourth-order valence-electron chi connectivity index (χ4n) is 2.70. The zero-order chi connectivity index (χ0) is 17.9. The van der Waals surface area contributed by atoms with Crippen LogP contribution >= 0.6 is 11.3 Å². The van der Waals surface area contributed by atoms with Gasteiger partial charge in [0, 0.05) is 31.5 Å². The van der Waals surface area contributed by atoms with E-state index in [1.807, 2.05) is 55.1 Å². The maximum absolute atomic E-state index is 5.49. The van der Waals surface area contributed by atoms with Crippen molar-refractivity contribution >= 4 is 21.4 Å². The Kier molecular flexibility index (Phi) is 4.53. The Morgan fingerprint density at radius 1 is 1.19 bits per heavy atom. The van der Waals surface area contributed by atoms with Gasteiger partial charge in [-0.05, 0) is 36.8 Å². The summed E-state index contributed by atoms with van der Waals surface area (Å²) in [4.78, 5) is 11.8. The minimum absolute atomic E-state index is 0.680. The predicted molar refractivity (Wildman–Crippen MR) is 104 cm³/mol. The summed E-state index contributed by atoms with van der Waals surface area (Å²) in [6.45, 7) is 3.44. The molecule has 0 radical (unpaired) electrons. The van der Waals surface area contributed by atoms with Crippen molar-refractivity contribution in [2.75, 3.05) is 18.6 Å². The van der Waals surface area contributed by atoms with Crippen LogP contribution in [-0.4, -0.2) is 33.2 Å². The lowest BCUT2D eigenvalue weighted by Crippen LogP contribution is -2.16. The molecule has 7 heteroatoms. The summed E-state index contributed by atoms with van der Waals surface area (Å²) in [5.74, 6) is 0.898. The first-order valence-corrected chi connectivity index (χ1v) is 9.24. The van der Waals surface area contributed by atoms with Crippen LogP contribution in [0.2, 0.25) is 0 Å². The monoisotopic (exact) mass is 365 g/mol. The average molecular weight is 365 g/mol. The number of pyridine rings is 1. The highest BCUT2D eigenvalue weighted by Crippen LogP contribution is 2.26. The maximum atomic E-state index is 5.49. The number of benzene rings is 1. The highest BCUT2D eigenvalue weighted by molar-refractivity contribution is 7.20. The molecule has 0 N–H and O–H groups in total. The van der Waals surface area contributed by atoms with E-state index < -0.39 is 0 Å². The highest BCUT2D eigenvalue weighted by Gasteiger charge is 2.13. The molecule has 0 aliphatic carbocycles. The van der Waals surface area contributed by atoms with E-state index in [2.05, 4.69) is 32.1 Å². The van der Waals surface area contributed by atoms with Crippen LogP contribution in [-0.2, 0) is 6.54 Å². The van der Waals surface area contributed by atoms with Crippen molar-refractivity contribution in [2.45, 2.75) is 13.5 Å². The van der Waals surface area contributed by atoms with Crippen LogP contribution in [0.4, 0.5) is 5.13 Å². The maximum Gasteiger partial charge on any atom is 0.214 e. The van der Waals surface area contributed by atoms with Crippen molar-refractivity contribution in [1.82, 2.24) is 19.6 Å². The van der Waals surface area contributed by atoms with E-state index in [9.17, 15) is 0 Å². The molecule has 0 unspecified atom stereocenters. The first kappa shape index (κ1) is 16.5. The Bertz CT molecular complexity index is 962. The van der Waals surface area contributed by atoms with Gasteiger partial charge in [-0.3, -0.25) is 4.98 Å². The van der Waals surface area contributed by atoms with Crippen molar-refractivity contribution in [2.24, 2.45) is 0 Å². The molecular formula is C19H19N5OS. The van der Waals surface area contributed by atoms with Gasteiger partial charge >= 0.3 is 0 Å². The first-order chi connectivity index (χ1) is 12.7. The van der Waals surface area contributed by atoms with Gasteiger partial charge in [0.25, 0.3) is 0 Å². The van der Waals surface area contributed by atoms with Gasteiger partial charge in [-0.25, -0.2) is 9.50 Å². The van der Waals surface area contributed by atoms with Crippen LogP contribution in [0.1, 0.15) is 12.5 Å². The van der Waals surface area contributed by atoms with Gasteiger partial charge < -0.3 is 9.64 Å². The summed E-state index contributed by atoms with van der Waals surface area (Å²) in [6, 6.07) is 12.1. The zero-order valence-electron chi connectivity index (χ0n) is 14.7. The third-order valence-electron chi connectivity index (χ3n) is 3.97. The number of aromatic nitrogens is 4. The molecule has 0 saturated carbocycles. The third-order valence-corrected chi connectivity index (χ3v) is 5.01. The number of anilines is 1. The third kappa shape index (κ3) is 3.39. The van der Waals surface area contributed by atoms with Crippen molar-refractivity contribution < 1.29 is 4.74 Å². The lowest BCUT2D eigenvalue weighted by molar-refractivity contribution is 0.340. The molecule has 0 fully saturated rings. The molecule has 26 heavy (non-hydrogen) atoms. The first-order valence-electron chi connectivity index (χ1n) is 8.42. The van der Waals surface area contributed by atoms with Crippen molar-refractivity contribution in [1.29, 1.82) is 0 Å². The summed E-state index contributed by atoms with van der Waals surface area (Å²) in [7, 11) is 2.04. The van der Waals surface area contributed by atoms with Crippen molar-refractivity contribution in [3.63, 3.8) is 0 Å². The van der Waals surface area contributed by atoms with Crippen LogP contribution in [0.3, 0.4) is 0 Å². The second-order valence-corrected chi connectivity index (χ2v) is 6.85. The molecule has 132 valence electrons. The van der Waals surface area contributed by atoms with Gasteiger partial charge in [-0.15, -0.1) is 5.10 Å². The van der Waals surface area contributed by atoms with Crippen LogP contribution < -0.4 is 9.64 Å². The molecule has 0 aliphatic heterocycles. The van der Waals surface area contributed by atoms with E-state index in [1.165, 1.54) is 5.56 Å². The standard InChI is InChI=1S/C19H19N5OS/c1-3-25-16-8-6-14(7-9-16)12-23(2)19-22-24-13-17(21-18(24)26-19)15-5-4-10-20-11-15/h4-11,13H,3,12H2,1-2H3. The van der Waals surface area contributed by atoms with Crippen molar-refractivity contribution in [3.05, 3.63) is 60.6 Å². The zero-order valence-corrected chi connectivity index (χ0v) is 15.5. The molecule has 3 heterocycles. The van der Waals surface area contributed by atoms with Crippen LogP contribution in [0.25, 0.3) is 16.2 Å². The summed E-state index contributed by atoms with van der Waals surface area (Å²) in [5, 5.41) is 5.59. The van der Waals surface area contributed by atoms with E-state index in [4.69, 9.17) is 4.74 Å². The molecule has 6 nitrogen and oxygen atoms in total. The number of imidazole rings is 1. The number of ether oxygens (including phenoxy) is 1. The second kappa shape index (κ2) is 7.13. The topological polar surface area (TPSA) is 55.5 Å². The molecule has 4 rings (SSSR count). The molecule has 0 atom stereocenters. The smallest absolute Gasteiger partial charge is 0.214 e. The Morgan fingerprint density at radius 3 is 2.73 bits per heavy atom. The number of rotatable bonds is 6. The Morgan fingerprint density at radius 2 is 2.04 bits per heavy atom. The minimum Gasteiger partial charge on any atom is -0.494 e. The second-order valence-electron chi connectivity index (χ2n) is 5.91. The fourth-order valence-corrected chi connectivity index (χ4v) is 3.54. The Hall–Kier alpha value is -2.93. The quantitative estimate of drug-likeness (QED) is 0.519. The van der Waals surface area contributed by atoms with Crippen molar-refractivity contribution in [3.8, 4) is 17.0 Å². The molecule has 0 spiro atoms. The highest BCUT2D eigenvalue weighted by atomic mass is 32.1. The van der Waals surface area contributed by atoms with Crippen LogP contribution in [0.15, 0.2) is 55.0 Å². The molecule has 0 amide bonds. The SMILES string of the molecule is CCOc1ccc(CN(C)c2nn3cc(-c4cccnc4)nc3s2)cc1. The van der Waals surface area contributed by atoms with E-state index in [0.29, 0.717) is 6.61 Å². The molecule has 0 aliphatic rings. The summed E-state index contributed by atoms with van der Waals surface area (Å²) < 4.78 is 7.32. The van der Waals surface area contributed by atoms with Gasteiger partial charge in [0.05, 0.1) is 18.5 Å². The van der Waals surface area contributed by atoms with E-state index >= 15 is 0 Å². The lowest BCUT2D eigenvalue weighted by Gasteiger charge is -2.15. The number of nitrogens with zero attached hydrogens (tertiary/aromatic N) is 5. The predicted octanol–water partition coefficient (Wildman–Crippen LogP) is 3.89. The molecular weight excluding hydrogens is 346 g/mol. The largest absolute Gasteiger partial charge is 0.494 e. The molecule has 1 aromatic carbocycles. The molecule has 0 bridgehead atoms. The number of hydrogen-bond acceptors (Lipinski definition) is 6. The van der Waals surface area contributed by atoms with Crippen LogP contribution in [0, 0.1) is 0 Å². The fraction of sp³-hybridized carbons (Fsp3) is 0.211.